The van der Waals surface area contributed by atoms with Crippen LogP contribution in [0.2, 0.25) is 0 Å². The van der Waals surface area contributed by atoms with Crippen molar-refractivity contribution in [1.82, 2.24) is 9.88 Å². The van der Waals surface area contributed by atoms with Crippen LogP contribution in [0.25, 0.3) is 10.9 Å². The van der Waals surface area contributed by atoms with Gasteiger partial charge < -0.3 is 19.4 Å². The monoisotopic (exact) mass is 519 g/mol. The highest BCUT2D eigenvalue weighted by Crippen LogP contribution is 2.46. The van der Waals surface area contributed by atoms with Gasteiger partial charge in [-0.2, -0.15) is 0 Å². The third-order valence-electron chi connectivity index (χ3n) is 6.50. The molecule has 9 heteroatoms. The number of carbonyl (C=O) groups excluding carboxylic acids is 2. The van der Waals surface area contributed by atoms with Crippen LogP contribution in [0.5, 0.6) is 11.5 Å². The molecule has 2 heterocycles. The molecule has 37 heavy (non-hydrogen) atoms. The van der Waals surface area contributed by atoms with E-state index in [0.29, 0.717) is 17.2 Å². The summed E-state index contributed by atoms with van der Waals surface area (Å²) in [5.41, 5.74) is 2.89. The van der Waals surface area contributed by atoms with Gasteiger partial charge in [-0.1, -0.05) is 42.1 Å². The van der Waals surface area contributed by atoms with Crippen LogP contribution in [0.15, 0.2) is 71.8 Å². The summed E-state index contributed by atoms with van der Waals surface area (Å²) in [6.45, 7) is 0.181. The van der Waals surface area contributed by atoms with Crippen LogP contribution < -0.4 is 19.7 Å². The van der Waals surface area contributed by atoms with E-state index in [9.17, 15) is 14.0 Å². The largest absolute Gasteiger partial charge is 0.497 e. The summed E-state index contributed by atoms with van der Waals surface area (Å²) in [7, 11) is 5.00. The smallest absolute Gasteiger partial charge is 0.248 e. The molecule has 1 unspecified atom stereocenters. The highest BCUT2D eigenvalue weighted by molar-refractivity contribution is 8.00. The van der Waals surface area contributed by atoms with Gasteiger partial charge in [0.1, 0.15) is 23.4 Å². The Morgan fingerprint density at radius 3 is 2.57 bits per heavy atom. The summed E-state index contributed by atoms with van der Waals surface area (Å²) in [5.74, 6) is 0.169. The molecule has 0 spiro atoms. The molecule has 0 saturated heterocycles. The van der Waals surface area contributed by atoms with Gasteiger partial charge in [-0.15, -0.1) is 0 Å². The Morgan fingerprint density at radius 1 is 1.08 bits per heavy atom. The molecule has 1 aliphatic rings. The van der Waals surface area contributed by atoms with Crippen molar-refractivity contribution in [3.8, 4) is 11.5 Å². The van der Waals surface area contributed by atoms with Crippen LogP contribution >= 0.6 is 11.8 Å². The fraction of sp³-hybridized carbons (Fsp3) is 0.214. The first-order chi connectivity index (χ1) is 17.9. The standard InChI is InChI=1S/C28H26FN3O4S/c1-31-21-7-5-4-6-20(21)25-26(27(34)30-15-17-8-10-18(29)11-9-17)32(24(33)16-37-28(25)31)22-14-19(35-2)12-13-23(22)36-3/h4-14,26H,15-16H2,1-3H3,(H,30,34). The van der Waals surface area contributed by atoms with Crippen LogP contribution in [0.4, 0.5) is 10.1 Å². The van der Waals surface area contributed by atoms with Gasteiger partial charge in [-0.3, -0.25) is 14.5 Å². The molecule has 0 aliphatic carbocycles. The zero-order valence-electron chi connectivity index (χ0n) is 20.7. The highest BCUT2D eigenvalue weighted by atomic mass is 32.2. The number of fused-ring (bicyclic) bond motifs is 3. The molecular formula is C28H26FN3O4S. The number of methoxy groups -OCH3 is 2. The van der Waals surface area contributed by atoms with Crippen LogP contribution in [-0.4, -0.2) is 36.4 Å². The lowest BCUT2D eigenvalue weighted by molar-refractivity contribution is -0.125. The molecular weight excluding hydrogens is 493 g/mol. The van der Waals surface area contributed by atoms with Gasteiger partial charge in [0.05, 0.1) is 30.7 Å². The van der Waals surface area contributed by atoms with E-state index in [1.54, 1.807) is 37.4 Å². The number of rotatable bonds is 6. The van der Waals surface area contributed by atoms with Gasteiger partial charge in [0.15, 0.2) is 0 Å². The van der Waals surface area contributed by atoms with E-state index in [4.69, 9.17) is 9.47 Å². The van der Waals surface area contributed by atoms with Crippen molar-refractivity contribution in [2.24, 2.45) is 7.05 Å². The predicted molar refractivity (Wildman–Crippen MR) is 142 cm³/mol. The third-order valence-corrected chi connectivity index (χ3v) is 7.66. The summed E-state index contributed by atoms with van der Waals surface area (Å²) in [5, 5.41) is 4.70. The molecule has 0 bridgehead atoms. The first-order valence-corrected chi connectivity index (χ1v) is 12.7. The first-order valence-electron chi connectivity index (χ1n) is 11.7. The van der Waals surface area contributed by atoms with E-state index in [1.165, 1.54) is 35.9 Å². The highest BCUT2D eigenvalue weighted by Gasteiger charge is 2.40. The molecule has 0 saturated carbocycles. The molecule has 2 amide bonds. The average molecular weight is 520 g/mol. The average Bonchev–Trinajstić information content (AvgIpc) is 3.10. The molecule has 1 atom stereocenters. The minimum Gasteiger partial charge on any atom is -0.497 e. The second kappa shape index (κ2) is 10.2. The van der Waals surface area contributed by atoms with Gasteiger partial charge in [-0.05, 0) is 35.9 Å². The SMILES string of the molecule is COc1ccc(OC)c(N2C(=O)CSc3c(c4ccccc4n3C)C2C(=O)NCc2ccc(F)cc2)c1. The Labute approximate surface area is 218 Å². The van der Waals surface area contributed by atoms with Gasteiger partial charge in [0, 0.05) is 36.1 Å². The Balaban J connectivity index is 1.68. The summed E-state index contributed by atoms with van der Waals surface area (Å²) in [6, 6.07) is 18.0. The van der Waals surface area contributed by atoms with Gasteiger partial charge in [-0.25, -0.2) is 4.39 Å². The first kappa shape index (κ1) is 24.7. The van der Waals surface area contributed by atoms with Crippen LogP contribution in [-0.2, 0) is 23.2 Å². The minimum atomic E-state index is -0.981. The number of benzene rings is 3. The Kier molecular flexibility index (Phi) is 6.80. The number of nitrogens with one attached hydrogen (secondary N) is 1. The molecule has 1 aliphatic heterocycles. The molecule has 0 radical (unpaired) electrons. The number of ether oxygens (including phenoxy) is 2. The fourth-order valence-electron chi connectivity index (χ4n) is 4.71. The van der Waals surface area contributed by atoms with Crippen LogP contribution in [0.1, 0.15) is 17.2 Å². The van der Waals surface area contributed by atoms with Gasteiger partial charge >= 0.3 is 0 Å². The van der Waals surface area contributed by atoms with E-state index in [0.717, 1.165) is 27.1 Å². The van der Waals surface area contributed by atoms with E-state index in [-0.39, 0.29) is 29.9 Å². The number of aryl methyl sites for hydroxylation is 1. The van der Waals surface area contributed by atoms with E-state index in [1.807, 2.05) is 35.9 Å². The lowest BCUT2D eigenvalue weighted by Gasteiger charge is -2.31. The predicted octanol–water partition coefficient (Wildman–Crippen LogP) is 4.83. The Hall–Kier alpha value is -3.98. The second-order valence-electron chi connectivity index (χ2n) is 8.63. The van der Waals surface area contributed by atoms with Gasteiger partial charge in [0.2, 0.25) is 11.8 Å². The van der Waals surface area contributed by atoms with Crippen molar-refractivity contribution < 1.29 is 23.5 Å². The summed E-state index contributed by atoms with van der Waals surface area (Å²) >= 11 is 1.41. The normalized spacial score (nSPS) is 15.3. The lowest BCUT2D eigenvalue weighted by Crippen LogP contribution is -2.44. The summed E-state index contributed by atoms with van der Waals surface area (Å²) in [6.07, 6.45) is 0. The van der Waals surface area contributed by atoms with Crippen LogP contribution in [0.3, 0.4) is 0 Å². The second-order valence-corrected chi connectivity index (χ2v) is 9.60. The van der Waals surface area contributed by atoms with Crippen molar-refractivity contribution in [3.63, 3.8) is 0 Å². The topological polar surface area (TPSA) is 72.8 Å². The zero-order valence-corrected chi connectivity index (χ0v) is 21.5. The number of halogens is 1. The number of hydrogen-bond acceptors (Lipinski definition) is 5. The van der Waals surface area contributed by atoms with E-state index in [2.05, 4.69) is 5.32 Å². The minimum absolute atomic E-state index is 0.138. The quantitative estimate of drug-likeness (QED) is 0.395. The van der Waals surface area contributed by atoms with Crippen LogP contribution in [0, 0.1) is 5.82 Å². The summed E-state index contributed by atoms with van der Waals surface area (Å²) < 4.78 is 26.5. The summed E-state index contributed by atoms with van der Waals surface area (Å²) in [4.78, 5) is 29.2. The van der Waals surface area contributed by atoms with Crippen molar-refractivity contribution in [1.29, 1.82) is 0 Å². The number of anilines is 1. The number of nitrogens with zero attached hydrogens (tertiary/aromatic N) is 2. The number of aromatic nitrogens is 1. The zero-order chi connectivity index (χ0) is 26.1. The van der Waals surface area contributed by atoms with Gasteiger partial charge in [0.25, 0.3) is 0 Å². The number of para-hydroxylation sites is 1. The lowest BCUT2D eigenvalue weighted by atomic mass is 10.0. The van der Waals surface area contributed by atoms with Crippen molar-refractivity contribution >= 4 is 40.2 Å². The number of hydrogen-bond donors (Lipinski definition) is 1. The Morgan fingerprint density at radius 2 is 1.84 bits per heavy atom. The third kappa shape index (κ3) is 4.51. The maximum Gasteiger partial charge on any atom is 0.248 e. The van der Waals surface area contributed by atoms with E-state index >= 15 is 0 Å². The molecule has 4 aromatic rings. The number of amides is 2. The maximum atomic E-state index is 14.0. The molecule has 7 nitrogen and oxygen atoms in total. The van der Waals surface area contributed by atoms with E-state index < -0.39 is 6.04 Å². The molecule has 190 valence electrons. The molecule has 1 N–H and O–H groups in total. The number of thioether (sulfide) groups is 1. The van der Waals surface area contributed by atoms with Crippen molar-refractivity contribution in [2.75, 3.05) is 24.9 Å². The fourth-order valence-corrected chi connectivity index (χ4v) is 5.77. The molecule has 0 fully saturated rings. The Bertz CT molecular complexity index is 1490. The van der Waals surface area contributed by atoms with Crippen molar-refractivity contribution in [2.45, 2.75) is 17.6 Å². The molecule has 3 aromatic carbocycles. The number of carbonyl (C=O) groups is 2. The molecule has 5 rings (SSSR count). The van der Waals surface area contributed by atoms with Crippen molar-refractivity contribution in [3.05, 3.63) is 83.7 Å². The molecule has 1 aromatic heterocycles. The maximum absolute atomic E-state index is 14.0.